The molecule has 0 aromatic carbocycles. The van der Waals surface area contributed by atoms with Crippen LogP contribution < -0.4 is 10.2 Å². The van der Waals surface area contributed by atoms with Gasteiger partial charge in [-0.3, -0.25) is 0 Å². The SMILES string of the molecule is CCCN(CCO)C(=O)NCc1ccc(N2CCCCCC2)nc1. The minimum absolute atomic E-state index is 0.0144. The number of carbonyl (C=O) groups excluding carboxylic acids is 1. The lowest BCUT2D eigenvalue weighted by molar-refractivity contribution is 0.177. The number of anilines is 1. The fourth-order valence-electron chi connectivity index (χ4n) is 3.00. The van der Waals surface area contributed by atoms with Crippen LogP contribution in [0.3, 0.4) is 0 Å². The normalized spacial score (nSPS) is 15.0. The first-order valence-electron chi connectivity index (χ1n) is 9.08. The second kappa shape index (κ2) is 10.1. The van der Waals surface area contributed by atoms with Crippen LogP contribution in [0.25, 0.3) is 0 Å². The lowest BCUT2D eigenvalue weighted by atomic mass is 10.2. The van der Waals surface area contributed by atoms with Gasteiger partial charge in [0, 0.05) is 38.9 Å². The predicted molar refractivity (Wildman–Crippen MR) is 96.1 cm³/mol. The van der Waals surface area contributed by atoms with Gasteiger partial charge in [-0.15, -0.1) is 0 Å². The summed E-state index contributed by atoms with van der Waals surface area (Å²) in [6, 6.07) is 3.94. The number of amides is 2. The van der Waals surface area contributed by atoms with E-state index in [2.05, 4.69) is 15.2 Å². The van der Waals surface area contributed by atoms with Crippen LogP contribution >= 0.6 is 0 Å². The number of aliphatic hydroxyl groups excluding tert-OH is 1. The third-order valence-electron chi connectivity index (χ3n) is 4.33. The van der Waals surface area contributed by atoms with Crippen LogP contribution in [0, 0.1) is 0 Å². The maximum absolute atomic E-state index is 12.1. The molecule has 1 fully saturated rings. The highest BCUT2D eigenvalue weighted by atomic mass is 16.3. The van der Waals surface area contributed by atoms with E-state index in [9.17, 15) is 4.79 Å². The molecule has 0 aliphatic carbocycles. The number of hydrogen-bond donors (Lipinski definition) is 2. The molecule has 0 radical (unpaired) electrons. The molecule has 0 unspecified atom stereocenters. The van der Waals surface area contributed by atoms with E-state index in [1.54, 1.807) is 4.90 Å². The van der Waals surface area contributed by atoms with E-state index in [0.717, 1.165) is 30.9 Å². The number of nitrogens with one attached hydrogen (secondary N) is 1. The Morgan fingerprint density at radius 1 is 1.25 bits per heavy atom. The standard InChI is InChI=1S/C18H30N4O2/c1-2-9-22(12-13-23)18(24)20-15-16-7-8-17(19-14-16)21-10-5-3-4-6-11-21/h7-8,14,23H,2-6,9-13,15H2,1H3,(H,20,24). The molecule has 2 amide bonds. The number of urea groups is 1. The topological polar surface area (TPSA) is 68.7 Å². The van der Waals surface area contributed by atoms with Crippen molar-refractivity contribution in [2.45, 2.75) is 45.6 Å². The van der Waals surface area contributed by atoms with Gasteiger partial charge < -0.3 is 20.2 Å². The molecule has 0 spiro atoms. The van der Waals surface area contributed by atoms with Gasteiger partial charge in [-0.1, -0.05) is 25.8 Å². The lowest BCUT2D eigenvalue weighted by Gasteiger charge is -2.22. The molecule has 1 aromatic rings. The molecule has 6 heteroatoms. The predicted octanol–water partition coefficient (Wildman–Crippen LogP) is 2.38. The van der Waals surface area contributed by atoms with Gasteiger partial charge in [0.05, 0.1) is 6.61 Å². The quantitative estimate of drug-likeness (QED) is 0.803. The first-order chi connectivity index (χ1) is 11.7. The second-order valence-corrected chi connectivity index (χ2v) is 6.30. The van der Waals surface area contributed by atoms with Crippen LogP contribution in [0.15, 0.2) is 18.3 Å². The molecule has 0 atom stereocenters. The van der Waals surface area contributed by atoms with Gasteiger partial charge in [0.25, 0.3) is 0 Å². The summed E-state index contributed by atoms with van der Waals surface area (Å²) < 4.78 is 0. The Hall–Kier alpha value is -1.82. The van der Waals surface area contributed by atoms with Crippen molar-refractivity contribution in [3.8, 4) is 0 Å². The summed E-state index contributed by atoms with van der Waals surface area (Å²) in [4.78, 5) is 20.7. The molecule has 2 rings (SSSR count). The number of carbonyl (C=O) groups is 1. The van der Waals surface area contributed by atoms with E-state index in [1.807, 2.05) is 25.3 Å². The first-order valence-corrected chi connectivity index (χ1v) is 9.08. The van der Waals surface area contributed by atoms with Gasteiger partial charge in [-0.2, -0.15) is 0 Å². The Bertz CT molecular complexity index is 478. The van der Waals surface area contributed by atoms with Crippen molar-refractivity contribution in [2.75, 3.05) is 37.7 Å². The van der Waals surface area contributed by atoms with E-state index >= 15 is 0 Å². The molecule has 2 N–H and O–H groups in total. The molecular weight excluding hydrogens is 304 g/mol. The van der Waals surface area contributed by atoms with Gasteiger partial charge >= 0.3 is 6.03 Å². The van der Waals surface area contributed by atoms with Crippen LogP contribution in [0.5, 0.6) is 0 Å². The maximum atomic E-state index is 12.1. The van der Waals surface area contributed by atoms with Gasteiger partial charge in [0.2, 0.25) is 0 Å². The molecular formula is C18H30N4O2. The van der Waals surface area contributed by atoms with E-state index in [1.165, 1.54) is 25.7 Å². The number of aliphatic hydroxyl groups is 1. The molecule has 24 heavy (non-hydrogen) atoms. The molecule has 1 aromatic heterocycles. The van der Waals surface area contributed by atoms with E-state index in [4.69, 9.17) is 5.11 Å². The zero-order valence-electron chi connectivity index (χ0n) is 14.7. The highest BCUT2D eigenvalue weighted by molar-refractivity contribution is 5.74. The molecule has 1 aliphatic rings. The third kappa shape index (κ3) is 5.67. The van der Waals surface area contributed by atoms with Gasteiger partial charge in [-0.25, -0.2) is 9.78 Å². The van der Waals surface area contributed by atoms with Crippen LogP contribution in [0.1, 0.15) is 44.6 Å². The number of pyridine rings is 1. The Kier molecular flexibility index (Phi) is 7.82. The highest BCUT2D eigenvalue weighted by Gasteiger charge is 2.13. The molecule has 0 bridgehead atoms. The average Bonchev–Trinajstić information content (AvgIpc) is 2.89. The fraction of sp³-hybridized carbons (Fsp3) is 0.667. The number of aromatic nitrogens is 1. The summed E-state index contributed by atoms with van der Waals surface area (Å²) in [5.74, 6) is 1.03. The van der Waals surface area contributed by atoms with E-state index in [-0.39, 0.29) is 12.6 Å². The minimum Gasteiger partial charge on any atom is -0.395 e. The maximum Gasteiger partial charge on any atom is 0.317 e. The second-order valence-electron chi connectivity index (χ2n) is 6.30. The molecule has 0 saturated carbocycles. The van der Waals surface area contributed by atoms with E-state index < -0.39 is 0 Å². The Labute approximate surface area is 144 Å². The summed E-state index contributed by atoms with van der Waals surface area (Å²) in [6.45, 7) is 5.64. The van der Waals surface area contributed by atoms with Crippen molar-refractivity contribution in [1.29, 1.82) is 0 Å². The Balaban J connectivity index is 1.85. The first kappa shape index (κ1) is 18.5. The number of hydrogen-bond acceptors (Lipinski definition) is 4. The monoisotopic (exact) mass is 334 g/mol. The Morgan fingerprint density at radius 2 is 2.00 bits per heavy atom. The van der Waals surface area contributed by atoms with Crippen molar-refractivity contribution < 1.29 is 9.90 Å². The van der Waals surface area contributed by atoms with E-state index in [0.29, 0.717) is 19.6 Å². The number of rotatable bonds is 7. The van der Waals surface area contributed by atoms with Crippen LogP contribution in [0.4, 0.5) is 10.6 Å². The largest absolute Gasteiger partial charge is 0.395 e. The van der Waals surface area contributed by atoms with Gasteiger partial charge in [-0.05, 0) is 30.9 Å². The lowest BCUT2D eigenvalue weighted by Crippen LogP contribution is -2.41. The van der Waals surface area contributed by atoms with Crippen molar-refractivity contribution in [3.63, 3.8) is 0 Å². The smallest absolute Gasteiger partial charge is 0.317 e. The van der Waals surface area contributed by atoms with Gasteiger partial charge in [0.15, 0.2) is 0 Å². The fourth-order valence-corrected chi connectivity index (χ4v) is 3.00. The third-order valence-corrected chi connectivity index (χ3v) is 4.33. The molecule has 1 aliphatic heterocycles. The zero-order valence-corrected chi connectivity index (χ0v) is 14.7. The van der Waals surface area contributed by atoms with Crippen LogP contribution in [-0.4, -0.2) is 53.8 Å². The summed E-state index contributed by atoms with van der Waals surface area (Å²) in [5.41, 5.74) is 0.988. The summed E-state index contributed by atoms with van der Waals surface area (Å²) in [6.07, 6.45) is 7.80. The van der Waals surface area contributed by atoms with Crippen molar-refractivity contribution in [3.05, 3.63) is 23.9 Å². The minimum atomic E-state index is -0.137. The van der Waals surface area contributed by atoms with Crippen molar-refractivity contribution in [1.82, 2.24) is 15.2 Å². The summed E-state index contributed by atoms with van der Waals surface area (Å²) >= 11 is 0. The molecule has 6 nitrogen and oxygen atoms in total. The van der Waals surface area contributed by atoms with Gasteiger partial charge in [0.1, 0.15) is 5.82 Å². The highest BCUT2D eigenvalue weighted by Crippen LogP contribution is 2.17. The molecule has 134 valence electrons. The molecule has 1 saturated heterocycles. The Morgan fingerprint density at radius 3 is 2.58 bits per heavy atom. The zero-order chi connectivity index (χ0) is 17.2. The summed E-state index contributed by atoms with van der Waals surface area (Å²) in [5, 5.41) is 11.9. The average molecular weight is 334 g/mol. The van der Waals surface area contributed by atoms with Crippen molar-refractivity contribution in [2.24, 2.45) is 0 Å². The van der Waals surface area contributed by atoms with Crippen LogP contribution in [0.2, 0.25) is 0 Å². The summed E-state index contributed by atoms with van der Waals surface area (Å²) in [7, 11) is 0. The van der Waals surface area contributed by atoms with Crippen molar-refractivity contribution >= 4 is 11.8 Å². The number of nitrogens with zero attached hydrogens (tertiary/aromatic N) is 3. The van der Waals surface area contributed by atoms with Crippen LogP contribution in [-0.2, 0) is 6.54 Å². The molecule has 2 heterocycles.